The third-order valence-corrected chi connectivity index (χ3v) is 2.24. The van der Waals surface area contributed by atoms with E-state index in [1.807, 2.05) is 0 Å². The molecule has 0 aliphatic carbocycles. The Morgan fingerprint density at radius 3 is 2.94 bits per heavy atom. The first-order valence-electron chi connectivity index (χ1n) is 5.20. The van der Waals surface area contributed by atoms with Gasteiger partial charge < -0.3 is 15.5 Å². The van der Waals surface area contributed by atoms with Gasteiger partial charge in [0.2, 0.25) is 0 Å². The monoisotopic (exact) mass is 237 g/mol. The van der Waals surface area contributed by atoms with Gasteiger partial charge in [-0.25, -0.2) is 0 Å². The van der Waals surface area contributed by atoms with Crippen LogP contribution in [0.2, 0.25) is 0 Å². The summed E-state index contributed by atoms with van der Waals surface area (Å²) in [5.74, 6) is 0. The first-order chi connectivity index (χ1) is 8.19. The fraction of sp³-hybridized carbons (Fsp3) is 0.364. The lowest BCUT2D eigenvalue weighted by atomic mass is 10.1. The van der Waals surface area contributed by atoms with E-state index in [-0.39, 0.29) is 5.69 Å². The summed E-state index contributed by atoms with van der Waals surface area (Å²) >= 11 is 0. The second kappa shape index (κ2) is 6.59. The molecular formula is C11H15N3O3. The van der Waals surface area contributed by atoms with Crippen molar-refractivity contribution in [3.8, 4) is 0 Å². The number of rotatable bonds is 7. The van der Waals surface area contributed by atoms with Crippen LogP contribution in [-0.4, -0.2) is 31.4 Å². The van der Waals surface area contributed by atoms with E-state index in [0.29, 0.717) is 24.4 Å². The van der Waals surface area contributed by atoms with Crippen LogP contribution >= 0.6 is 0 Å². The number of non-ortho nitro benzene ring substituents is 1. The van der Waals surface area contributed by atoms with E-state index in [1.165, 1.54) is 18.3 Å². The van der Waals surface area contributed by atoms with Gasteiger partial charge >= 0.3 is 0 Å². The highest BCUT2D eigenvalue weighted by Gasteiger charge is 2.09. The highest BCUT2D eigenvalue weighted by Crippen LogP contribution is 2.21. The Morgan fingerprint density at radius 1 is 1.59 bits per heavy atom. The lowest BCUT2D eigenvalue weighted by Gasteiger charge is -2.08. The SMILES string of the molecule is COCCCNc1cc([N+](=O)[O-])ccc1C=N. The normalized spacial score (nSPS) is 9.94. The zero-order valence-corrected chi connectivity index (χ0v) is 9.60. The van der Waals surface area contributed by atoms with Gasteiger partial charge in [-0.2, -0.15) is 0 Å². The second-order valence-corrected chi connectivity index (χ2v) is 3.45. The molecule has 6 heteroatoms. The fourth-order valence-corrected chi connectivity index (χ4v) is 1.38. The lowest BCUT2D eigenvalue weighted by Crippen LogP contribution is -2.07. The fourth-order valence-electron chi connectivity index (χ4n) is 1.38. The number of hydrogen-bond acceptors (Lipinski definition) is 5. The van der Waals surface area contributed by atoms with E-state index >= 15 is 0 Å². The maximum Gasteiger partial charge on any atom is 0.271 e. The Hall–Kier alpha value is -1.95. The van der Waals surface area contributed by atoms with E-state index in [0.717, 1.165) is 6.42 Å². The molecule has 0 unspecified atom stereocenters. The molecule has 1 aromatic carbocycles. The number of methoxy groups -OCH3 is 1. The molecule has 1 rings (SSSR count). The number of nitrogens with zero attached hydrogens (tertiary/aromatic N) is 1. The first-order valence-corrected chi connectivity index (χ1v) is 5.20. The minimum absolute atomic E-state index is 0.0184. The number of ether oxygens (including phenoxy) is 1. The highest BCUT2D eigenvalue weighted by molar-refractivity contribution is 5.86. The van der Waals surface area contributed by atoms with E-state index in [4.69, 9.17) is 10.1 Å². The van der Waals surface area contributed by atoms with Crippen LogP contribution < -0.4 is 5.32 Å². The van der Waals surface area contributed by atoms with Gasteiger partial charge in [0, 0.05) is 49.9 Å². The Bertz CT molecular complexity index is 407. The number of nitrogens with one attached hydrogen (secondary N) is 2. The topological polar surface area (TPSA) is 88.2 Å². The summed E-state index contributed by atoms with van der Waals surface area (Å²) in [6.45, 7) is 1.28. The second-order valence-electron chi connectivity index (χ2n) is 3.45. The van der Waals surface area contributed by atoms with Gasteiger partial charge in [0.25, 0.3) is 5.69 Å². The molecule has 1 aromatic rings. The van der Waals surface area contributed by atoms with Crippen LogP contribution in [0.5, 0.6) is 0 Å². The third kappa shape index (κ3) is 3.84. The third-order valence-electron chi connectivity index (χ3n) is 2.24. The molecule has 0 aliphatic rings. The van der Waals surface area contributed by atoms with Crippen molar-refractivity contribution in [2.24, 2.45) is 0 Å². The summed E-state index contributed by atoms with van der Waals surface area (Å²) in [5, 5.41) is 20.9. The van der Waals surface area contributed by atoms with Crippen LogP contribution in [0.1, 0.15) is 12.0 Å². The Balaban J connectivity index is 2.75. The van der Waals surface area contributed by atoms with Gasteiger partial charge in [0.15, 0.2) is 0 Å². The lowest BCUT2D eigenvalue weighted by molar-refractivity contribution is -0.384. The summed E-state index contributed by atoms with van der Waals surface area (Å²) in [6, 6.07) is 4.39. The molecule has 0 aromatic heterocycles. The molecular weight excluding hydrogens is 222 g/mol. The number of nitro groups is 1. The summed E-state index contributed by atoms with van der Waals surface area (Å²) in [6.07, 6.45) is 1.97. The average molecular weight is 237 g/mol. The zero-order chi connectivity index (χ0) is 12.7. The van der Waals surface area contributed by atoms with Crippen molar-refractivity contribution in [3.05, 3.63) is 33.9 Å². The minimum Gasteiger partial charge on any atom is -0.385 e. The molecule has 0 aliphatic heterocycles. The molecule has 0 saturated heterocycles. The summed E-state index contributed by atoms with van der Waals surface area (Å²) in [5.41, 5.74) is 1.25. The van der Waals surface area contributed by atoms with Crippen molar-refractivity contribution in [1.82, 2.24) is 0 Å². The van der Waals surface area contributed by atoms with Gasteiger partial charge in [-0.1, -0.05) is 0 Å². The van der Waals surface area contributed by atoms with Gasteiger partial charge in [-0.05, 0) is 12.5 Å². The van der Waals surface area contributed by atoms with E-state index in [1.54, 1.807) is 13.2 Å². The molecule has 0 atom stereocenters. The standard InChI is InChI=1S/C11H15N3O3/c1-17-6-2-5-13-11-7-10(14(15)16)4-3-9(11)8-12/h3-4,7-8,12-13H,2,5-6H2,1H3. The molecule has 0 bridgehead atoms. The van der Waals surface area contributed by atoms with Crippen molar-refractivity contribution in [3.63, 3.8) is 0 Å². The number of anilines is 1. The quantitative estimate of drug-likeness (QED) is 0.329. The molecule has 0 fully saturated rings. The summed E-state index contributed by atoms with van der Waals surface area (Å²) in [4.78, 5) is 10.2. The molecule has 0 heterocycles. The van der Waals surface area contributed by atoms with E-state index in [9.17, 15) is 10.1 Å². The van der Waals surface area contributed by atoms with Gasteiger partial charge in [0.05, 0.1) is 4.92 Å². The highest BCUT2D eigenvalue weighted by atomic mass is 16.6. The summed E-state index contributed by atoms with van der Waals surface area (Å²) in [7, 11) is 1.62. The smallest absolute Gasteiger partial charge is 0.271 e. The van der Waals surface area contributed by atoms with Gasteiger partial charge in [0.1, 0.15) is 0 Å². The van der Waals surface area contributed by atoms with Crippen molar-refractivity contribution >= 4 is 17.6 Å². The molecule has 0 radical (unpaired) electrons. The van der Waals surface area contributed by atoms with Crippen molar-refractivity contribution in [1.29, 1.82) is 5.41 Å². The Labute approximate surface area is 99.3 Å². The number of hydrogen-bond donors (Lipinski definition) is 2. The largest absolute Gasteiger partial charge is 0.385 e. The molecule has 0 amide bonds. The first kappa shape index (κ1) is 13.1. The molecule has 6 nitrogen and oxygen atoms in total. The summed E-state index contributed by atoms with van der Waals surface area (Å²) < 4.78 is 4.91. The maximum atomic E-state index is 10.6. The van der Waals surface area contributed by atoms with Crippen LogP contribution in [0, 0.1) is 15.5 Å². The van der Waals surface area contributed by atoms with Crippen LogP contribution in [0.15, 0.2) is 18.2 Å². The maximum absolute atomic E-state index is 10.6. The number of nitro benzene ring substituents is 1. The van der Waals surface area contributed by atoms with Crippen molar-refractivity contribution in [2.75, 3.05) is 25.6 Å². The van der Waals surface area contributed by atoms with E-state index in [2.05, 4.69) is 5.32 Å². The van der Waals surface area contributed by atoms with Crippen LogP contribution in [0.4, 0.5) is 11.4 Å². The van der Waals surface area contributed by atoms with Crippen molar-refractivity contribution < 1.29 is 9.66 Å². The molecule has 2 N–H and O–H groups in total. The molecule has 0 saturated carbocycles. The van der Waals surface area contributed by atoms with Crippen LogP contribution in [0.3, 0.4) is 0 Å². The predicted molar refractivity (Wildman–Crippen MR) is 66.0 cm³/mol. The van der Waals surface area contributed by atoms with E-state index < -0.39 is 4.92 Å². The molecule has 92 valence electrons. The zero-order valence-electron chi connectivity index (χ0n) is 9.60. The van der Waals surface area contributed by atoms with Crippen LogP contribution in [0.25, 0.3) is 0 Å². The average Bonchev–Trinajstić information content (AvgIpc) is 2.34. The van der Waals surface area contributed by atoms with Crippen molar-refractivity contribution in [2.45, 2.75) is 6.42 Å². The van der Waals surface area contributed by atoms with Gasteiger partial charge in [-0.15, -0.1) is 0 Å². The molecule has 17 heavy (non-hydrogen) atoms. The Morgan fingerprint density at radius 2 is 2.35 bits per heavy atom. The number of benzene rings is 1. The molecule has 0 spiro atoms. The van der Waals surface area contributed by atoms with Gasteiger partial charge in [-0.3, -0.25) is 10.1 Å². The Kier molecular flexibility index (Phi) is 5.09. The predicted octanol–water partition coefficient (Wildman–Crippen LogP) is 2.04. The minimum atomic E-state index is -0.450. The van der Waals surface area contributed by atoms with Crippen LogP contribution in [-0.2, 0) is 4.74 Å².